The first-order chi connectivity index (χ1) is 9.38. The summed E-state index contributed by atoms with van der Waals surface area (Å²) in [5.74, 6) is 1.43. The number of carbonyl (C=O) groups is 1. The number of esters is 1. The first-order valence-corrected chi connectivity index (χ1v) is 8.85. The fraction of sp³-hybridized carbons (Fsp3) is 0.938. The van der Waals surface area contributed by atoms with Crippen LogP contribution in [0.4, 0.5) is 4.39 Å². The van der Waals surface area contributed by atoms with Gasteiger partial charge in [0, 0.05) is 0 Å². The van der Waals surface area contributed by atoms with Crippen LogP contribution in [0.5, 0.6) is 0 Å². The number of hydrogen-bond donors (Lipinski definition) is 0. The zero-order chi connectivity index (χ0) is 15.5. The lowest BCUT2D eigenvalue weighted by Gasteiger charge is -2.19. The van der Waals surface area contributed by atoms with E-state index in [9.17, 15) is 9.18 Å². The summed E-state index contributed by atoms with van der Waals surface area (Å²) in [5, 5.41) is -0.0962. The number of carbonyl (C=O) groups excluding carboxylic acids is 1. The van der Waals surface area contributed by atoms with Gasteiger partial charge in [0.15, 0.2) is 0 Å². The zero-order valence-corrected chi connectivity index (χ0v) is 14.5. The molecule has 120 valence electrons. The van der Waals surface area contributed by atoms with Crippen molar-refractivity contribution >= 4 is 17.7 Å². The average Bonchev–Trinajstić information content (AvgIpc) is 2.39. The largest absolute Gasteiger partial charge is 0.465 e. The van der Waals surface area contributed by atoms with Gasteiger partial charge < -0.3 is 4.74 Å². The second kappa shape index (κ2) is 11.4. The van der Waals surface area contributed by atoms with Gasteiger partial charge in [-0.25, -0.2) is 4.39 Å². The van der Waals surface area contributed by atoms with Crippen molar-refractivity contribution in [3.8, 4) is 0 Å². The molecule has 0 N–H and O–H groups in total. The Bertz CT molecular complexity index is 257. The third kappa shape index (κ3) is 9.62. The van der Waals surface area contributed by atoms with Crippen LogP contribution in [-0.4, -0.2) is 29.8 Å². The third-order valence-corrected chi connectivity index (χ3v) is 4.67. The Morgan fingerprint density at radius 1 is 1.20 bits per heavy atom. The summed E-state index contributed by atoms with van der Waals surface area (Å²) in [4.78, 5) is 12.0. The maximum absolute atomic E-state index is 13.1. The molecule has 0 saturated carbocycles. The minimum Gasteiger partial charge on any atom is -0.465 e. The summed E-state index contributed by atoms with van der Waals surface area (Å²) in [7, 11) is 0. The summed E-state index contributed by atoms with van der Waals surface area (Å²) in [5.41, 5.74) is 0. The van der Waals surface area contributed by atoms with Crippen LogP contribution in [0.15, 0.2) is 0 Å². The smallest absolute Gasteiger partial charge is 0.319 e. The summed E-state index contributed by atoms with van der Waals surface area (Å²) < 4.78 is 18.4. The minimum atomic E-state index is -0.670. The van der Waals surface area contributed by atoms with Crippen LogP contribution in [0.1, 0.15) is 60.3 Å². The molecule has 0 aromatic heterocycles. The van der Waals surface area contributed by atoms with Crippen LogP contribution in [0.3, 0.4) is 0 Å². The number of hydrogen-bond acceptors (Lipinski definition) is 3. The highest BCUT2D eigenvalue weighted by molar-refractivity contribution is 8.00. The number of halogens is 1. The highest BCUT2D eigenvalue weighted by Crippen LogP contribution is 2.23. The van der Waals surface area contributed by atoms with Crippen molar-refractivity contribution in [1.29, 1.82) is 0 Å². The van der Waals surface area contributed by atoms with Gasteiger partial charge in [-0.15, -0.1) is 11.8 Å². The fourth-order valence-electron chi connectivity index (χ4n) is 1.75. The summed E-state index contributed by atoms with van der Waals surface area (Å²) in [6, 6.07) is 0. The molecule has 20 heavy (non-hydrogen) atoms. The second-order valence-corrected chi connectivity index (χ2v) is 7.31. The summed E-state index contributed by atoms with van der Waals surface area (Å²) >= 11 is 1.65. The van der Waals surface area contributed by atoms with Gasteiger partial charge in [-0.2, -0.15) is 0 Å². The van der Waals surface area contributed by atoms with Gasteiger partial charge in [0.1, 0.15) is 5.25 Å². The Labute approximate surface area is 128 Å². The van der Waals surface area contributed by atoms with Crippen LogP contribution in [-0.2, 0) is 9.53 Å². The van der Waals surface area contributed by atoms with Crippen LogP contribution in [0.2, 0.25) is 0 Å². The normalized spacial score (nSPS) is 14.6. The summed E-state index contributed by atoms with van der Waals surface area (Å²) in [6.07, 6.45) is 2.43. The highest BCUT2D eigenvalue weighted by Gasteiger charge is 2.24. The molecule has 4 heteroatoms. The van der Waals surface area contributed by atoms with Crippen molar-refractivity contribution in [2.45, 2.75) is 71.7 Å². The highest BCUT2D eigenvalue weighted by atomic mass is 32.2. The van der Waals surface area contributed by atoms with Gasteiger partial charge in [0.25, 0.3) is 0 Å². The van der Waals surface area contributed by atoms with Gasteiger partial charge in [-0.05, 0) is 43.3 Å². The van der Waals surface area contributed by atoms with Crippen molar-refractivity contribution in [2.75, 3.05) is 12.4 Å². The Hall–Kier alpha value is -0.250. The van der Waals surface area contributed by atoms with E-state index in [0.29, 0.717) is 25.4 Å². The Morgan fingerprint density at radius 2 is 1.85 bits per heavy atom. The van der Waals surface area contributed by atoms with Gasteiger partial charge in [0.05, 0.1) is 12.8 Å². The number of thioether (sulfide) groups is 1. The topological polar surface area (TPSA) is 26.3 Å². The van der Waals surface area contributed by atoms with E-state index in [4.69, 9.17) is 4.74 Å². The lowest BCUT2D eigenvalue weighted by molar-refractivity contribution is -0.144. The van der Waals surface area contributed by atoms with Crippen LogP contribution >= 0.6 is 11.8 Å². The fourth-order valence-corrected chi connectivity index (χ4v) is 2.96. The van der Waals surface area contributed by atoms with E-state index in [-0.39, 0.29) is 17.1 Å². The van der Waals surface area contributed by atoms with Crippen LogP contribution in [0.25, 0.3) is 0 Å². The monoisotopic (exact) mass is 306 g/mol. The molecule has 0 aliphatic carbocycles. The molecule has 0 aliphatic rings. The molecule has 2 atom stereocenters. The van der Waals surface area contributed by atoms with E-state index >= 15 is 0 Å². The maximum Gasteiger partial charge on any atom is 0.319 e. The molecule has 0 saturated heterocycles. The van der Waals surface area contributed by atoms with Crippen molar-refractivity contribution in [2.24, 2.45) is 11.8 Å². The first kappa shape index (κ1) is 19.8. The molecule has 0 heterocycles. The predicted molar refractivity (Wildman–Crippen MR) is 85.9 cm³/mol. The minimum absolute atomic E-state index is 0.0962. The molecule has 0 aromatic rings. The zero-order valence-electron chi connectivity index (χ0n) is 13.7. The van der Waals surface area contributed by atoms with Crippen LogP contribution in [0, 0.1) is 11.8 Å². The van der Waals surface area contributed by atoms with E-state index in [2.05, 4.69) is 0 Å². The van der Waals surface area contributed by atoms with E-state index < -0.39 is 6.17 Å². The lowest BCUT2D eigenvalue weighted by atomic mass is 10.1. The number of alkyl halides is 1. The molecule has 0 rings (SSSR count). The molecule has 2 unspecified atom stereocenters. The van der Waals surface area contributed by atoms with E-state index in [1.54, 1.807) is 11.8 Å². The Kier molecular flexibility index (Phi) is 11.3. The second-order valence-electron chi connectivity index (χ2n) is 6.06. The van der Waals surface area contributed by atoms with Crippen LogP contribution < -0.4 is 0 Å². The quantitative estimate of drug-likeness (QED) is 0.403. The van der Waals surface area contributed by atoms with Gasteiger partial charge >= 0.3 is 5.97 Å². The number of ether oxygens (including phenoxy) is 1. The molecular formula is C16H31FO2S. The third-order valence-electron chi connectivity index (χ3n) is 3.05. The molecule has 0 aliphatic heterocycles. The molecule has 0 bridgehead atoms. The Morgan fingerprint density at radius 3 is 2.35 bits per heavy atom. The van der Waals surface area contributed by atoms with Crippen molar-refractivity contribution in [3.05, 3.63) is 0 Å². The standard InChI is InChI=1S/C16H31FO2S/c1-6-14(17)9-7-8-10-20-15(13(4)5)16(18)19-11-12(2)3/h12-15H,6-11H2,1-5H3. The van der Waals surface area contributed by atoms with E-state index in [1.165, 1.54) is 0 Å². The van der Waals surface area contributed by atoms with E-state index in [1.807, 2.05) is 34.6 Å². The van der Waals surface area contributed by atoms with Gasteiger partial charge in [-0.3, -0.25) is 4.79 Å². The molecule has 0 aromatic carbocycles. The van der Waals surface area contributed by atoms with Crippen molar-refractivity contribution in [1.82, 2.24) is 0 Å². The molecule has 0 spiro atoms. The lowest BCUT2D eigenvalue weighted by Crippen LogP contribution is -2.27. The predicted octanol–water partition coefficient (Wildman–Crippen LogP) is 4.86. The number of unbranched alkanes of at least 4 members (excludes halogenated alkanes) is 1. The first-order valence-electron chi connectivity index (χ1n) is 7.80. The molecule has 0 amide bonds. The average molecular weight is 306 g/mol. The Balaban J connectivity index is 3.94. The molecule has 0 radical (unpaired) electrons. The maximum atomic E-state index is 13.1. The summed E-state index contributed by atoms with van der Waals surface area (Å²) in [6.45, 7) is 10.5. The van der Waals surface area contributed by atoms with Crippen molar-refractivity contribution in [3.63, 3.8) is 0 Å². The van der Waals surface area contributed by atoms with Crippen molar-refractivity contribution < 1.29 is 13.9 Å². The van der Waals surface area contributed by atoms with Gasteiger partial charge in [-0.1, -0.05) is 34.6 Å². The molecular weight excluding hydrogens is 275 g/mol. The molecule has 2 nitrogen and oxygen atoms in total. The molecule has 0 fully saturated rings. The van der Waals surface area contributed by atoms with Gasteiger partial charge in [0.2, 0.25) is 0 Å². The SMILES string of the molecule is CCC(F)CCCCSC(C(=O)OCC(C)C)C(C)C. The van der Waals surface area contributed by atoms with E-state index in [0.717, 1.165) is 18.6 Å². The number of rotatable bonds is 11.